The van der Waals surface area contributed by atoms with Crippen molar-refractivity contribution in [2.24, 2.45) is 5.41 Å². The maximum atomic E-state index is 12.1. The Bertz CT molecular complexity index is 407. The van der Waals surface area contributed by atoms with E-state index in [1.54, 1.807) is 4.90 Å². The van der Waals surface area contributed by atoms with Gasteiger partial charge in [-0.2, -0.15) is 5.26 Å². The van der Waals surface area contributed by atoms with E-state index in [4.69, 9.17) is 10.00 Å². The highest BCUT2D eigenvalue weighted by Crippen LogP contribution is 2.22. The van der Waals surface area contributed by atoms with Crippen LogP contribution in [-0.4, -0.2) is 42.3 Å². The Kier molecular flexibility index (Phi) is 6.67. The summed E-state index contributed by atoms with van der Waals surface area (Å²) in [5, 5.41) is 12.3. The van der Waals surface area contributed by atoms with Gasteiger partial charge in [0.05, 0.1) is 6.07 Å². The molecule has 1 heterocycles. The van der Waals surface area contributed by atoms with Gasteiger partial charge in [-0.05, 0) is 45.4 Å². The average molecular weight is 309 g/mol. The predicted octanol–water partition coefficient (Wildman–Crippen LogP) is 3.31. The second kappa shape index (κ2) is 7.82. The van der Waals surface area contributed by atoms with Crippen molar-refractivity contribution in [3.05, 3.63) is 0 Å². The highest BCUT2D eigenvalue weighted by Gasteiger charge is 2.28. The number of carbonyl (C=O) groups excluding carboxylic acids is 1. The van der Waals surface area contributed by atoms with E-state index in [0.717, 1.165) is 32.4 Å². The van der Waals surface area contributed by atoms with Gasteiger partial charge in [-0.3, -0.25) is 0 Å². The van der Waals surface area contributed by atoms with Crippen LogP contribution in [0.3, 0.4) is 0 Å². The minimum atomic E-state index is -0.448. The standard InChI is InChI=1S/C17H31N3O2/c1-16(2,3)22-15(21)20-11-6-8-14(12-20)19-13-17(4,5)9-7-10-18/h14,19H,6-9,11-13H2,1-5H3. The van der Waals surface area contributed by atoms with Gasteiger partial charge in [-0.1, -0.05) is 13.8 Å². The van der Waals surface area contributed by atoms with Crippen LogP contribution < -0.4 is 5.32 Å². The minimum Gasteiger partial charge on any atom is -0.444 e. The Morgan fingerprint density at radius 1 is 1.36 bits per heavy atom. The molecule has 5 heteroatoms. The second-order valence-corrected chi connectivity index (χ2v) is 7.97. The maximum absolute atomic E-state index is 12.1. The van der Waals surface area contributed by atoms with E-state index in [0.29, 0.717) is 19.0 Å². The first-order valence-corrected chi connectivity index (χ1v) is 8.21. The van der Waals surface area contributed by atoms with Gasteiger partial charge < -0.3 is 15.0 Å². The summed E-state index contributed by atoms with van der Waals surface area (Å²) in [6.45, 7) is 12.3. The molecule has 22 heavy (non-hydrogen) atoms. The van der Waals surface area contributed by atoms with Gasteiger partial charge in [0.1, 0.15) is 5.60 Å². The molecule has 0 saturated carbocycles. The summed E-state index contributed by atoms with van der Waals surface area (Å²) in [5.74, 6) is 0. The number of nitriles is 1. The number of amides is 1. The molecule has 1 atom stereocenters. The third-order valence-corrected chi connectivity index (χ3v) is 3.86. The fourth-order valence-corrected chi connectivity index (χ4v) is 2.54. The molecule has 126 valence electrons. The first-order chi connectivity index (χ1) is 10.1. The zero-order valence-corrected chi connectivity index (χ0v) is 14.7. The third-order valence-electron chi connectivity index (χ3n) is 3.86. The largest absolute Gasteiger partial charge is 0.444 e. The van der Waals surface area contributed by atoms with Crippen molar-refractivity contribution in [2.75, 3.05) is 19.6 Å². The molecule has 0 aliphatic carbocycles. The molecule has 0 spiro atoms. The highest BCUT2D eigenvalue weighted by atomic mass is 16.6. The van der Waals surface area contributed by atoms with Crippen molar-refractivity contribution in [2.45, 2.75) is 71.9 Å². The number of rotatable bonds is 5. The zero-order chi connectivity index (χ0) is 16.8. The first kappa shape index (κ1) is 18.8. The molecule has 5 nitrogen and oxygen atoms in total. The summed E-state index contributed by atoms with van der Waals surface area (Å²) in [7, 11) is 0. The van der Waals surface area contributed by atoms with E-state index in [2.05, 4.69) is 25.2 Å². The minimum absolute atomic E-state index is 0.101. The van der Waals surface area contributed by atoms with Crippen LogP contribution in [0.4, 0.5) is 4.79 Å². The van der Waals surface area contributed by atoms with Crippen LogP contribution in [0.15, 0.2) is 0 Å². The molecule has 0 bridgehead atoms. The molecule has 0 aromatic carbocycles. The first-order valence-electron chi connectivity index (χ1n) is 8.21. The van der Waals surface area contributed by atoms with Crippen LogP contribution in [0.5, 0.6) is 0 Å². The van der Waals surface area contributed by atoms with E-state index < -0.39 is 5.60 Å². The van der Waals surface area contributed by atoms with Gasteiger partial charge in [0.25, 0.3) is 0 Å². The number of likely N-dealkylation sites (tertiary alicyclic amines) is 1. The van der Waals surface area contributed by atoms with Crippen molar-refractivity contribution in [3.63, 3.8) is 0 Å². The van der Waals surface area contributed by atoms with Crippen LogP contribution in [0, 0.1) is 16.7 Å². The number of nitrogens with zero attached hydrogens (tertiary/aromatic N) is 2. The molecule has 1 aliphatic rings. The Morgan fingerprint density at radius 3 is 2.64 bits per heavy atom. The van der Waals surface area contributed by atoms with E-state index in [-0.39, 0.29) is 11.5 Å². The second-order valence-electron chi connectivity index (χ2n) is 7.97. The average Bonchev–Trinajstić information content (AvgIpc) is 2.42. The molecule has 1 rings (SSSR count). The zero-order valence-electron chi connectivity index (χ0n) is 14.7. The Balaban J connectivity index is 2.43. The maximum Gasteiger partial charge on any atom is 0.410 e. The molecule has 1 N–H and O–H groups in total. The third kappa shape index (κ3) is 7.13. The van der Waals surface area contributed by atoms with Gasteiger partial charge in [0.15, 0.2) is 0 Å². The summed E-state index contributed by atoms with van der Waals surface area (Å²) >= 11 is 0. The quantitative estimate of drug-likeness (QED) is 0.846. The number of piperidine rings is 1. The van der Waals surface area contributed by atoms with Gasteiger partial charge >= 0.3 is 6.09 Å². The van der Waals surface area contributed by atoms with Crippen molar-refractivity contribution < 1.29 is 9.53 Å². The van der Waals surface area contributed by atoms with Crippen LogP contribution in [-0.2, 0) is 4.74 Å². The molecular weight excluding hydrogens is 278 g/mol. The number of nitrogens with one attached hydrogen (secondary N) is 1. The molecule has 0 aromatic rings. The Labute approximate surface area is 135 Å². The lowest BCUT2D eigenvalue weighted by Gasteiger charge is -2.36. The number of hydrogen-bond donors (Lipinski definition) is 1. The number of ether oxygens (including phenoxy) is 1. The molecule has 1 saturated heterocycles. The van der Waals surface area contributed by atoms with E-state index >= 15 is 0 Å². The van der Waals surface area contributed by atoms with Gasteiger partial charge in [-0.15, -0.1) is 0 Å². The van der Waals surface area contributed by atoms with Gasteiger partial charge in [0, 0.05) is 32.1 Å². The molecule has 1 fully saturated rings. The lowest BCUT2D eigenvalue weighted by molar-refractivity contribution is 0.0184. The van der Waals surface area contributed by atoms with E-state index in [1.807, 2.05) is 20.8 Å². The highest BCUT2D eigenvalue weighted by molar-refractivity contribution is 5.68. The number of carbonyl (C=O) groups is 1. The SMILES string of the molecule is CC(C)(CCC#N)CNC1CCCN(C(=O)OC(C)(C)C)C1. The Morgan fingerprint density at radius 2 is 2.05 bits per heavy atom. The lowest BCUT2D eigenvalue weighted by Crippen LogP contribution is -2.50. The number of hydrogen-bond acceptors (Lipinski definition) is 4. The van der Waals surface area contributed by atoms with Crippen LogP contribution >= 0.6 is 0 Å². The monoisotopic (exact) mass is 309 g/mol. The molecular formula is C17H31N3O2. The lowest BCUT2D eigenvalue weighted by atomic mass is 9.87. The fraction of sp³-hybridized carbons (Fsp3) is 0.882. The van der Waals surface area contributed by atoms with Gasteiger partial charge in [-0.25, -0.2) is 4.79 Å². The Hall–Kier alpha value is -1.28. The molecule has 0 aromatic heterocycles. The molecule has 1 aliphatic heterocycles. The smallest absolute Gasteiger partial charge is 0.410 e. The summed E-state index contributed by atoms with van der Waals surface area (Å²) in [6, 6.07) is 2.52. The molecule has 1 amide bonds. The fourth-order valence-electron chi connectivity index (χ4n) is 2.54. The normalized spacial score (nSPS) is 19.6. The summed E-state index contributed by atoms with van der Waals surface area (Å²) in [5.41, 5.74) is -0.347. The molecule has 1 unspecified atom stereocenters. The van der Waals surface area contributed by atoms with Crippen molar-refractivity contribution in [3.8, 4) is 6.07 Å². The summed E-state index contributed by atoms with van der Waals surface area (Å²) < 4.78 is 5.45. The topological polar surface area (TPSA) is 65.4 Å². The predicted molar refractivity (Wildman–Crippen MR) is 87.5 cm³/mol. The van der Waals surface area contributed by atoms with Crippen molar-refractivity contribution >= 4 is 6.09 Å². The van der Waals surface area contributed by atoms with Crippen LogP contribution in [0.1, 0.15) is 60.3 Å². The van der Waals surface area contributed by atoms with Crippen LogP contribution in [0.25, 0.3) is 0 Å². The van der Waals surface area contributed by atoms with Crippen molar-refractivity contribution in [1.29, 1.82) is 5.26 Å². The van der Waals surface area contributed by atoms with Gasteiger partial charge in [0.2, 0.25) is 0 Å². The van der Waals surface area contributed by atoms with Crippen molar-refractivity contribution in [1.82, 2.24) is 10.2 Å². The summed E-state index contributed by atoms with van der Waals surface area (Å²) in [6.07, 6.45) is 3.33. The van der Waals surface area contributed by atoms with E-state index in [9.17, 15) is 4.79 Å². The van der Waals surface area contributed by atoms with Crippen LogP contribution in [0.2, 0.25) is 0 Å². The van der Waals surface area contributed by atoms with E-state index in [1.165, 1.54) is 0 Å². The summed E-state index contributed by atoms with van der Waals surface area (Å²) in [4.78, 5) is 13.9. The molecule has 0 radical (unpaired) electrons.